The summed E-state index contributed by atoms with van der Waals surface area (Å²) in [5.74, 6) is -0.0539. The van der Waals surface area contributed by atoms with E-state index in [4.69, 9.17) is 4.74 Å². The van der Waals surface area contributed by atoms with E-state index in [1.54, 1.807) is 0 Å². The van der Waals surface area contributed by atoms with Gasteiger partial charge in [-0.2, -0.15) is 0 Å². The van der Waals surface area contributed by atoms with E-state index in [1.165, 1.54) is 38.4 Å². The highest BCUT2D eigenvalue weighted by molar-refractivity contribution is 5.72. The Morgan fingerprint density at radius 3 is 2.65 bits per heavy atom. The Hall–Kier alpha value is -1.39. The molecule has 0 aromatic heterocycles. The number of methoxy groups -OCH3 is 1. The maximum Gasteiger partial charge on any atom is 0.310 e. The first-order valence-electron chi connectivity index (χ1n) is 8.85. The minimum absolute atomic E-state index is 0.00243. The molecule has 1 saturated carbocycles. The quantitative estimate of drug-likeness (QED) is 0.848. The van der Waals surface area contributed by atoms with Crippen molar-refractivity contribution in [1.82, 2.24) is 10.2 Å². The van der Waals surface area contributed by atoms with Gasteiger partial charge in [-0.05, 0) is 24.8 Å². The Labute approximate surface area is 139 Å². The normalized spacial score (nSPS) is 26.3. The third-order valence-corrected chi connectivity index (χ3v) is 5.29. The van der Waals surface area contributed by atoms with Crippen LogP contribution in [0.15, 0.2) is 30.3 Å². The summed E-state index contributed by atoms with van der Waals surface area (Å²) < 4.78 is 5.02. The minimum Gasteiger partial charge on any atom is -0.469 e. The number of rotatable bonds is 5. The summed E-state index contributed by atoms with van der Waals surface area (Å²) in [6, 6.07) is 11.5. The number of benzene rings is 1. The molecule has 0 amide bonds. The van der Waals surface area contributed by atoms with Gasteiger partial charge in [-0.25, -0.2) is 0 Å². The first kappa shape index (κ1) is 16.5. The predicted octanol–water partition coefficient (Wildman–Crippen LogP) is 2.58. The lowest BCUT2D eigenvalue weighted by Gasteiger charge is -2.40. The van der Waals surface area contributed by atoms with Gasteiger partial charge < -0.3 is 10.1 Å². The molecule has 0 spiro atoms. The number of hydrogen-bond acceptors (Lipinski definition) is 4. The molecule has 126 valence electrons. The van der Waals surface area contributed by atoms with Crippen molar-refractivity contribution in [2.24, 2.45) is 5.92 Å². The van der Waals surface area contributed by atoms with Crippen molar-refractivity contribution in [3.63, 3.8) is 0 Å². The third-order valence-electron chi connectivity index (χ3n) is 5.29. The molecular weight excluding hydrogens is 288 g/mol. The number of nitrogens with one attached hydrogen (secondary N) is 1. The van der Waals surface area contributed by atoms with Gasteiger partial charge in [-0.3, -0.25) is 9.69 Å². The number of hydrogen-bond donors (Lipinski definition) is 1. The molecule has 1 N–H and O–H groups in total. The van der Waals surface area contributed by atoms with Crippen LogP contribution in [0.5, 0.6) is 0 Å². The minimum atomic E-state index is -0.0563. The van der Waals surface area contributed by atoms with Crippen LogP contribution >= 0.6 is 0 Å². The third kappa shape index (κ3) is 4.33. The van der Waals surface area contributed by atoms with Crippen molar-refractivity contribution >= 4 is 5.97 Å². The molecule has 2 unspecified atom stereocenters. The maximum absolute atomic E-state index is 12.1. The van der Waals surface area contributed by atoms with Crippen molar-refractivity contribution in [3.8, 4) is 0 Å². The largest absolute Gasteiger partial charge is 0.469 e. The molecule has 2 aliphatic rings. The molecule has 1 aliphatic carbocycles. The summed E-state index contributed by atoms with van der Waals surface area (Å²) in [4.78, 5) is 14.6. The standard InChI is InChI=1S/C19H28N2O2/c1-23-19(22)16-11-17(20-12-15-7-3-2-4-8-15)14-21(13-16)18-9-5-6-10-18/h2-4,7-8,16-18,20H,5-6,9-14H2,1H3. The fraction of sp³-hybridized carbons (Fsp3) is 0.632. The van der Waals surface area contributed by atoms with Crippen LogP contribution in [-0.4, -0.2) is 43.2 Å². The molecule has 0 radical (unpaired) electrons. The molecule has 3 rings (SSSR count). The van der Waals surface area contributed by atoms with Crippen LogP contribution in [0.2, 0.25) is 0 Å². The summed E-state index contributed by atoms with van der Waals surface area (Å²) in [6.45, 7) is 2.77. The molecule has 23 heavy (non-hydrogen) atoms. The van der Waals surface area contributed by atoms with Gasteiger partial charge in [0.15, 0.2) is 0 Å². The van der Waals surface area contributed by atoms with Crippen LogP contribution < -0.4 is 5.32 Å². The molecule has 2 atom stereocenters. The van der Waals surface area contributed by atoms with E-state index in [0.717, 1.165) is 26.1 Å². The van der Waals surface area contributed by atoms with Gasteiger partial charge in [0.05, 0.1) is 13.0 Å². The summed E-state index contributed by atoms with van der Waals surface area (Å²) in [6.07, 6.45) is 6.08. The average Bonchev–Trinajstić information content (AvgIpc) is 3.14. The molecule has 1 saturated heterocycles. The zero-order chi connectivity index (χ0) is 16.1. The van der Waals surface area contributed by atoms with Gasteiger partial charge in [0.1, 0.15) is 0 Å². The van der Waals surface area contributed by atoms with Crippen molar-refractivity contribution in [2.75, 3.05) is 20.2 Å². The Kier molecular flexibility index (Phi) is 5.68. The SMILES string of the molecule is COC(=O)C1CC(NCc2ccccc2)CN(C2CCCC2)C1. The second-order valence-corrected chi connectivity index (χ2v) is 6.91. The van der Waals surface area contributed by atoms with Gasteiger partial charge >= 0.3 is 5.97 Å². The second-order valence-electron chi connectivity index (χ2n) is 6.91. The smallest absolute Gasteiger partial charge is 0.310 e. The van der Waals surface area contributed by atoms with Crippen molar-refractivity contribution < 1.29 is 9.53 Å². The lowest BCUT2D eigenvalue weighted by Crippen LogP contribution is -2.53. The van der Waals surface area contributed by atoms with Gasteiger partial charge in [0.2, 0.25) is 0 Å². The van der Waals surface area contributed by atoms with Gasteiger partial charge in [-0.1, -0.05) is 43.2 Å². The number of esters is 1. The fourth-order valence-corrected chi connectivity index (χ4v) is 4.04. The lowest BCUT2D eigenvalue weighted by atomic mass is 9.92. The van der Waals surface area contributed by atoms with Crippen LogP contribution in [-0.2, 0) is 16.1 Å². The van der Waals surface area contributed by atoms with Crippen LogP contribution in [0.4, 0.5) is 0 Å². The highest BCUT2D eigenvalue weighted by atomic mass is 16.5. The van der Waals surface area contributed by atoms with Crippen molar-refractivity contribution in [2.45, 2.75) is 50.7 Å². The highest BCUT2D eigenvalue weighted by Gasteiger charge is 2.35. The Morgan fingerprint density at radius 2 is 1.96 bits per heavy atom. The van der Waals surface area contributed by atoms with Crippen molar-refractivity contribution in [1.29, 1.82) is 0 Å². The summed E-state index contributed by atoms with van der Waals surface area (Å²) in [5.41, 5.74) is 1.29. The number of carbonyl (C=O) groups excluding carboxylic acids is 1. The monoisotopic (exact) mass is 316 g/mol. The van der Waals surface area contributed by atoms with Crippen LogP contribution in [0.1, 0.15) is 37.7 Å². The molecule has 4 heteroatoms. The van der Waals surface area contributed by atoms with E-state index in [-0.39, 0.29) is 11.9 Å². The number of nitrogens with zero attached hydrogens (tertiary/aromatic N) is 1. The first-order chi connectivity index (χ1) is 11.3. The average molecular weight is 316 g/mol. The first-order valence-corrected chi connectivity index (χ1v) is 8.85. The van der Waals surface area contributed by atoms with Crippen LogP contribution in [0.25, 0.3) is 0 Å². The van der Waals surface area contributed by atoms with E-state index < -0.39 is 0 Å². The molecule has 2 fully saturated rings. The summed E-state index contributed by atoms with van der Waals surface area (Å²) >= 11 is 0. The van der Waals surface area contributed by atoms with E-state index in [2.05, 4.69) is 34.5 Å². The highest BCUT2D eigenvalue weighted by Crippen LogP contribution is 2.28. The lowest BCUT2D eigenvalue weighted by molar-refractivity contribution is -0.148. The van der Waals surface area contributed by atoms with E-state index >= 15 is 0 Å². The Bertz CT molecular complexity index is 499. The molecule has 1 heterocycles. The van der Waals surface area contributed by atoms with Crippen LogP contribution in [0.3, 0.4) is 0 Å². The molecule has 0 bridgehead atoms. The summed E-state index contributed by atoms with van der Waals surface area (Å²) in [7, 11) is 1.50. The molecular formula is C19H28N2O2. The topological polar surface area (TPSA) is 41.6 Å². The van der Waals surface area contributed by atoms with Gasteiger partial charge in [0.25, 0.3) is 0 Å². The number of piperidine rings is 1. The Morgan fingerprint density at radius 1 is 1.22 bits per heavy atom. The van der Waals surface area contributed by atoms with E-state index in [1.807, 2.05) is 6.07 Å². The molecule has 1 aliphatic heterocycles. The predicted molar refractivity (Wildman–Crippen MR) is 91.0 cm³/mol. The van der Waals surface area contributed by atoms with Gasteiger partial charge in [0, 0.05) is 31.7 Å². The number of carbonyl (C=O) groups is 1. The fourth-order valence-electron chi connectivity index (χ4n) is 4.04. The molecule has 4 nitrogen and oxygen atoms in total. The number of likely N-dealkylation sites (tertiary alicyclic amines) is 1. The Balaban J connectivity index is 1.61. The van der Waals surface area contributed by atoms with E-state index in [9.17, 15) is 4.79 Å². The zero-order valence-electron chi connectivity index (χ0n) is 14.0. The second kappa shape index (κ2) is 7.93. The van der Waals surface area contributed by atoms with Crippen LogP contribution in [0, 0.1) is 5.92 Å². The maximum atomic E-state index is 12.1. The van der Waals surface area contributed by atoms with E-state index in [0.29, 0.717) is 12.1 Å². The molecule has 1 aromatic carbocycles. The van der Waals surface area contributed by atoms with Gasteiger partial charge in [-0.15, -0.1) is 0 Å². The number of ether oxygens (including phenoxy) is 1. The molecule has 1 aromatic rings. The zero-order valence-corrected chi connectivity index (χ0v) is 14.0. The summed E-state index contributed by atoms with van der Waals surface area (Å²) in [5, 5.41) is 3.65. The van der Waals surface area contributed by atoms with Crippen molar-refractivity contribution in [3.05, 3.63) is 35.9 Å².